The first-order valence-corrected chi connectivity index (χ1v) is 8.73. The molecule has 1 aromatic rings. The van der Waals surface area contributed by atoms with Gasteiger partial charge in [-0.15, -0.1) is 0 Å². The number of allylic oxidation sites excluding steroid dienone is 1. The van der Waals surface area contributed by atoms with E-state index >= 15 is 0 Å². The summed E-state index contributed by atoms with van der Waals surface area (Å²) in [6.07, 6.45) is 2.01. The topological polar surface area (TPSA) is 26.3 Å². The number of carbonyl (C=O) groups excluding carboxylic acids is 1. The maximum Gasteiger partial charge on any atom is 0.309 e. The Bertz CT molecular complexity index is 719. The molecule has 1 aliphatic rings. The molecule has 2 nitrogen and oxygen atoms in total. The van der Waals surface area contributed by atoms with E-state index in [1.807, 2.05) is 0 Å². The van der Waals surface area contributed by atoms with E-state index in [1.54, 1.807) is 19.9 Å². The molecule has 1 saturated carbocycles. The smallest absolute Gasteiger partial charge is 0.309 e. The summed E-state index contributed by atoms with van der Waals surface area (Å²) in [6.45, 7) is 2.75. The highest BCUT2D eigenvalue weighted by Gasteiger charge is 2.51. The number of carbonyl (C=O) groups is 1. The fourth-order valence-corrected chi connectivity index (χ4v) is 3.53. The summed E-state index contributed by atoms with van der Waals surface area (Å²) >= 11 is 13.7. The molecule has 0 aromatic heterocycles. The second-order valence-electron chi connectivity index (χ2n) is 6.33. The lowest BCUT2D eigenvalue weighted by molar-refractivity contribution is -0.164. The lowest BCUT2D eigenvalue weighted by Gasteiger charge is -2.49. The molecule has 1 aliphatic carbocycles. The third-order valence-electron chi connectivity index (χ3n) is 4.61. The van der Waals surface area contributed by atoms with Crippen LogP contribution in [0.5, 0.6) is 0 Å². The van der Waals surface area contributed by atoms with E-state index in [4.69, 9.17) is 27.9 Å². The summed E-state index contributed by atoms with van der Waals surface area (Å²) < 4.78 is 58.3. The molecule has 0 N–H and O–H groups in total. The van der Waals surface area contributed by atoms with E-state index < -0.39 is 57.2 Å². The van der Waals surface area contributed by atoms with Gasteiger partial charge in [0.05, 0.1) is 16.0 Å². The third kappa shape index (κ3) is 3.83. The molecular formula is C16H13BrCl2F4O2. The SMILES string of the molecule is CC1(C)C(C=C(Cl)Cl)CC1C(=O)OCc1c(F)c(F)c(F)c(Br)c1F. The van der Waals surface area contributed by atoms with Crippen molar-refractivity contribution in [2.75, 3.05) is 0 Å². The van der Waals surface area contributed by atoms with Crippen molar-refractivity contribution in [2.45, 2.75) is 26.9 Å². The minimum Gasteiger partial charge on any atom is -0.460 e. The molecule has 0 spiro atoms. The van der Waals surface area contributed by atoms with E-state index in [9.17, 15) is 22.4 Å². The van der Waals surface area contributed by atoms with Gasteiger partial charge in [0.1, 0.15) is 16.9 Å². The van der Waals surface area contributed by atoms with Gasteiger partial charge in [-0.05, 0) is 33.7 Å². The zero-order chi connectivity index (χ0) is 19.1. The average molecular weight is 464 g/mol. The van der Waals surface area contributed by atoms with Crippen LogP contribution in [0, 0.1) is 40.5 Å². The second kappa shape index (κ2) is 7.45. The molecule has 2 atom stereocenters. The standard InChI is InChI=1S/C16H13BrCl2F4O2/c1-16(2)6(4-9(18)19)3-8(16)15(24)25-5-7-11(20)10(17)13(22)14(23)12(7)21/h4,6,8H,3,5H2,1-2H3. The van der Waals surface area contributed by atoms with Gasteiger partial charge in [0, 0.05) is 0 Å². The largest absolute Gasteiger partial charge is 0.460 e. The van der Waals surface area contributed by atoms with E-state index in [0.717, 1.165) is 0 Å². The number of hydrogen-bond acceptors (Lipinski definition) is 2. The minimum absolute atomic E-state index is 0.0547. The maximum atomic E-state index is 13.9. The Kier molecular flexibility index (Phi) is 6.11. The van der Waals surface area contributed by atoms with Gasteiger partial charge in [0.25, 0.3) is 0 Å². The summed E-state index contributed by atoms with van der Waals surface area (Å²) in [7, 11) is 0. The van der Waals surface area contributed by atoms with Crippen LogP contribution >= 0.6 is 39.1 Å². The molecule has 0 amide bonds. The van der Waals surface area contributed by atoms with Crippen molar-refractivity contribution in [1.29, 1.82) is 0 Å². The van der Waals surface area contributed by atoms with Crippen molar-refractivity contribution in [1.82, 2.24) is 0 Å². The monoisotopic (exact) mass is 462 g/mol. The molecule has 0 aliphatic heterocycles. The molecule has 0 bridgehead atoms. The van der Waals surface area contributed by atoms with E-state index in [-0.39, 0.29) is 10.4 Å². The van der Waals surface area contributed by atoms with Crippen molar-refractivity contribution in [3.63, 3.8) is 0 Å². The minimum atomic E-state index is -1.84. The van der Waals surface area contributed by atoms with Crippen LogP contribution in [-0.4, -0.2) is 5.97 Å². The van der Waals surface area contributed by atoms with Crippen LogP contribution in [0.3, 0.4) is 0 Å². The predicted molar refractivity (Wildman–Crippen MR) is 88.9 cm³/mol. The van der Waals surface area contributed by atoms with Crippen LogP contribution in [0.1, 0.15) is 25.8 Å². The lowest BCUT2D eigenvalue weighted by Crippen LogP contribution is -2.48. The van der Waals surface area contributed by atoms with Crippen molar-refractivity contribution in [2.24, 2.45) is 17.3 Å². The van der Waals surface area contributed by atoms with E-state index in [1.165, 1.54) is 0 Å². The number of hydrogen-bond donors (Lipinski definition) is 0. The molecule has 25 heavy (non-hydrogen) atoms. The van der Waals surface area contributed by atoms with Crippen molar-refractivity contribution in [3.8, 4) is 0 Å². The summed E-state index contributed by atoms with van der Waals surface area (Å²) in [4.78, 5) is 12.2. The number of benzene rings is 1. The summed E-state index contributed by atoms with van der Waals surface area (Å²) in [6, 6.07) is 0. The van der Waals surface area contributed by atoms with E-state index in [0.29, 0.717) is 6.42 Å². The second-order valence-corrected chi connectivity index (χ2v) is 8.13. The Morgan fingerprint density at radius 3 is 2.32 bits per heavy atom. The number of rotatable bonds is 4. The van der Waals surface area contributed by atoms with Gasteiger partial charge in [0.2, 0.25) is 0 Å². The van der Waals surface area contributed by atoms with Gasteiger partial charge < -0.3 is 4.74 Å². The fraction of sp³-hybridized carbons (Fsp3) is 0.438. The highest BCUT2D eigenvalue weighted by atomic mass is 79.9. The molecule has 0 saturated heterocycles. The highest BCUT2D eigenvalue weighted by molar-refractivity contribution is 9.10. The van der Waals surface area contributed by atoms with Crippen molar-refractivity contribution in [3.05, 3.63) is 43.9 Å². The van der Waals surface area contributed by atoms with Crippen LogP contribution in [0.2, 0.25) is 0 Å². The molecule has 9 heteroatoms. The molecule has 1 fully saturated rings. The Morgan fingerprint density at radius 1 is 1.20 bits per heavy atom. The zero-order valence-corrected chi connectivity index (χ0v) is 16.2. The first kappa shape index (κ1) is 20.5. The molecule has 138 valence electrons. The zero-order valence-electron chi connectivity index (χ0n) is 13.1. The van der Waals surface area contributed by atoms with Gasteiger partial charge in [-0.1, -0.05) is 43.1 Å². The van der Waals surface area contributed by atoms with Gasteiger partial charge in [-0.2, -0.15) is 0 Å². The fourth-order valence-electron chi connectivity index (χ4n) is 2.82. The summed E-state index contributed by atoms with van der Waals surface area (Å²) in [5.41, 5.74) is -1.38. The first-order valence-electron chi connectivity index (χ1n) is 7.18. The molecule has 0 radical (unpaired) electrons. The molecular weight excluding hydrogens is 451 g/mol. The Morgan fingerprint density at radius 2 is 1.80 bits per heavy atom. The predicted octanol–water partition coefficient (Wildman–Crippen LogP) is 6.03. The number of halogens is 7. The van der Waals surface area contributed by atoms with E-state index in [2.05, 4.69) is 15.9 Å². The van der Waals surface area contributed by atoms with Gasteiger partial charge in [-0.3, -0.25) is 4.79 Å². The van der Waals surface area contributed by atoms with Gasteiger partial charge in [-0.25, -0.2) is 17.6 Å². The average Bonchev–Trinajstić information content (AvgIpc) is 2.54. The van der Waals surface area contributed by atoms with Crippen LogP contribution in [0.4, 0.5) is 17.6 Å². The highest BCUT2D eigenvalue weighted by Crippen LogP contribution is 2.53. The number of ether oxygens (including phenoxy) is 1. The van der Waals surface area contributed by atoms with Gasteiger partial charge in [0.15, 0.2) is 17.5 Å². The Balaban J connectivity index is 2.11. The molecule has 0 heterocycles. The normalized spacial score (nSPS) is 21.5. The Hall–Kier alpha value is -0.790. The molecule has 2 rings (SSSR count). The third-order valence-corrected chi connectivity index (χ3v) is 5.56. The van der Waals surface area contributed by atoms with Crippen LogP contribution in [0.15, 0.2) is 15.0 Å². The van der Waals surface area contributed by atoms with Crippen LogP contribution in [0.25, 0.3) is 0 Å². The summed E-state index contributed by atoms with van der Waals surface area (Å²) in [5, 5.41) is 0. The summed E-state index contributed by atoms with van der Waals surface area (Å²) in [5.74, 6) is -7.90. The lowest BCUT2D eigenvalue weighted by atomic mass is 9.55. The molecule has 1 aromatic carbocycles. The first-order chi connectivity index (χ1) is 11.5. The Labute approximate surface area is 160 Å². The van der Waals surface area contributed by atoms with Crippen molar-refractivity contribution >= 4 is 45.1 Å². The van der Waals surface area contributed by atoms with Gasteiger partial charge >= 0.3 is 5.97 Å². The quantitative estimate of drug-likeness (QED) is 0.236. The van der Waals surface area contributed by atoms with Crippen LogP contribution in [-0.2, 0) is 16.1 Å². The maximum absolute atomic E-state index is 13.9. The molecule has 2 unspecified atom stereocenters. The van der Waals surface area contributed by atoms with Crippen LogP contribution < -0.4 is 0 Å². The van der Waals surface area contributed by atoms with Crippen molar-refractivity contribution < 1.29 is 27.1 Å². The number of esters is 1.